The number of rotatable bonds is 2. The summed E-state index contributed by atoms with van der Waals surface area (Å²) < 4.78 is 4.75. The van der Waals surface area contributed by atoms with Gasteiger partial charge in [0.05, 0.1) is 18.3 Å². The zero-order valence-corrected chi connectivity index (χ0v) is 12.1. The van der Waals surface area contributed by atoms with Crippen LogP contribution in [0.4, 0.5) is 5.69 Å². The Morgan fingerprint density at radius 1 is 1.45 bits per heavy atom. The maximum Gasteiger partial charge on any atom is 0.350 e. The Hall–Kier alpha value is -2.14. The number of carbonyl (C=O) groups is 1. The summed E-state index contributed by atoms with van der Waals surface area (Å²) in [5, 5.41) is 1.86. The van der Waals surface area contributed by atoms with Gasteiger partial charge in [0.25, 0.3) is 0 Å². The van der Waals surface area contributed by atoms with Gasteiger partial charge in [0.15, 0.2) is 0 Å². The third kappa shape index (κ3) is 1.82. The van der Waals surface area contributed by atoms with E-state index in [4.69, 9.17) is 10.5 Å². The van der Waals surface area contributed by atoms with Crippen LogP contribution in [0.5, 0.6) is 0 Å². The second kappa shape index (κ2) is 4.76. The van der Waals surface area contributed by atoms with Crippen molar-refractivity contribution in [1.29, 1.82) is 0 Å². The number of fused-ring (bicyclic) bond motifs is 2. The summed E-state index contributed by atoms with van der Waals surface area (Å²) in [4.78, 5) is 17.6. The summed E-state index contributed by atoms with van der Waals surface area (Å²) in [6.07, 6.45) is 0.917. The molecule has 0 bridgehead atoms. The van der Waals surface area contributed by atoms with Crippen LogP contribution >= 0.6 is 11.3 Å². The van der Waals surface area contributed by atoms with E-state index in [2.05, 4.69) is 18.0 Å². The number of anilines is 1. The van der Waals surface area contributed by atoms with Crippen LogP contribution in [0.2, 0.25) is 0 Å². The van der Waals surface area contributed by atoms with Crippen molar-refractivity contribution < 1.29 is 9.53 Å². The van der Waals surface area contributed by atoms with E-state index in [0.717, 1.165) is 27.5 Å². The third-order valence-corrected chi connectivity index (χ3v) is 4.47. The molecule has 0 radical (unpaired) electrons. The molecule has 4 nitrogen and oxygen atoms in total. The highest BCUT2D eigenvalue weighted by molar-refractivity contribution is 7.21. The predicted molar refractivity (Wildman–Crippen MR) is 82.3 cm³/mol. The van der Waals surface area contributed by atoms with Gasteiger partial charge in [0, 0.05) is 10.8 Å². The predicted octanol–water partition coefficient (Wildman–Crippen LogP) is 3.38. The Morgan fingerprint density at radius 3 is 2.95 bits per heavy atom. The number of benzene rings is 1. The standard InChI is InChI=1S/C15H14N2O2S/c1-3-8-5-4-6-9-7-10-11(16)13(15(18)19-2)20-14(10)17-12(8)9/h4-7H,3,16H2,1-2H3. The van der Waals surface area contributed by atoms with E-state index in [1.54, 1.807) is 0 Å². The van der Waals surface area contributed by atoms with Gasteiger partial charge in [-0.05, 0) is 18.1 Å². The van der Waals surface area contributed by atoms with Gasteiger partial charge in [-0.3, -0.25) is 0 Å². The second-order valence-corrected chi connectivity index (χ2v) is 5.52. The first kappa shape index (κ1) is 12.9. The highest BCUT2D eigenvalue weighted by Gasteiger charge is 2.18. The van der Waals surface area contributed by atoms with Crippen LogP contribution in [0.1, 0.15) is 22.2 Å². The normalized spacial score (nSPS) is 11.1. The summed E-state index contributed by atoms with van der Waals surface area (Å²) in [5.41, 5.74) is 8.66. The summed E-state index contributed by atoms with van der Waals surface area (Å²) >= 11 is 1.28. The number of ether oxygens (including phenoxy) is 1. The average Bonchev–Trinajstić information content (AvgIpc) is 2.80. The maximum atomic E-state index is 11.7. The smallest absolute Gasteiger partial charge is 0.350 e. The quantitative estimate of drug-likeness (QED) is 0.733. The molecule has 0 aliphatic rings. The van der Waals surface area contributed by atoms with Gasteiger partial charge >= 0.3 is 5.97 Å². The molecule has 0 atom stereocenters. The van der Waals surface area contributed by atoms with Gasteiger partial charge < -0.3 is 10.5 Å². The lowest BCUT2D eigenvalue weighted by atomic mass is 10.1. The number of para-hydroxylation sites is 1. The number of methoxy groups -OCH3 is 1. The number of pyridine rings is 1. The molecule has 3 aromatic rings. The number of aryl methyl sites for hydroxylation is 1. The van der Waals surface area contributed by atoms with Gasteiger partial charge in [-0.2, -0.15) is 0 Å². The van der Waals surface area contributed by atoms with E-state index < -0.39 is 5.97 Å². The van der Waals surface area contributed by atoms with Crippen molar-refractivity contribution in [2.24, 2.45) is 0 Å². The summed E-state index contributed by atoms with van der Waals surface area (Å²) in [6.45, 7) is 2.10. The number of thiophene rings is 1. The van der Waals surface area contributed by atoms with Crippen molar-refractivity contribution in [2.45, 2.75) is 13.3 Å². The minimum atomic E-state index is -0.412. The first-order valence-corrected chi connectivity index (χ1v) is 7.16. The summed E-state index contributed by atoms with van der Waals surface area (Å²) in [5.74, 6) is -0.412. The van der Waals surface area contributed by atoms with E-state index in [0.29, 0.717) is 10.6 Å². The molecule has 0 fully saturated rings. The molecule has 2 N–H and O–H groups in total. The average molecular weight is 286 g/mol. The number of nitrogens with zero attached hydrogens (tertiary/aromatic N) is 1. The molecular weight excluding hydrogens is 272 g/mol. The fourth-order valence-corrected chi connectivity index (χ4v) is 3.31. The minimum absolute atomic E-state index is 0.412. The van der Waals surface area contributed by atoms with Gasteiger partial charge in [0.1, 0.15) is 9.71 Å². The van der Waals surface area contributed by atoms with Gasteiger partial charge in [-0.1, -0.05) is 25.1 Å². The largest absolute Gasteiger partial charge is 0.465 e. The number of hydrogen-bond acceptors (Lipinski definition) is 5. The van der Waals surface area contributed by atoms with Crippen LogP contribution in [-0.2, 0) is 11.2 Å². The van der Waals surface area contributed by atoms with Crippen LogP contribution in [-0.4, -0.2) is 18.1 Å². The van der Waals surface area contributed by atoms with Gasteiger partial charge in [-0.25, -0.2) is 9.78 Å². The Bertz CT molecular complexity index is 823. The van der Waals surface area contributed by atoms with E-state index in [-0.39, 0.29) is 0 Å². The first-order chi connectivity index (χ1) is 9.65. The van der Waals surface area contributed by atoms with Crippen LogP contribution in [0.15, 0.2) is 24.3 Å². The number of esters is 1. The van der Waals surface area contributed by atoms with Crippen LogP contribution in [0.3, 0.4) is 0 Å². The van der Waals surface area contributed by atoms with E-state index in [1.165, 1.54) is 24.0 Å². The zero-order valence-electron chi connectivity index (χ0n) is 11.3. The monoisotopic (exact) mass is 286 g/mol. The van der Waals surface area contributed by atoms with Crippen molar-refractivity contribution in [3.63, 3.8) is 0 Å². The molecule has 1 aromatic carbocycles. The SMILES string of the molecule is CCc1cccc2cc3c(N)c(C(=O)OC)sc3nc12. The summed E-state index contributed by atoms with van der Waals surface area (Å²) in [7, 11) is 1.35. The lowest BCUT2D eigenvalue weighted by molar-refractivity contribution is 0.0607. The Balaban J connectivity index is 2.35. The second-order valence-electron chi connectivity index (χ2n) is 4.52. The number of hydrogen-bond donors (Lipinski definition) is 1. The number of nitrogens with two attached hydrogens (primary N) is 1. The molecule has 0 aliphatic heterocycles. The van der Waals surface area contributed by atoms with Crippen LogP contribution < -0.4 is 5.73 Å². The molecule has 0 saturated carbocycles. The van der Waals surface area contributed by atoms with Crippen molar-refractivity contribution in [3.05, 3.63) is 34.7 Å². The lowest BCUT2D eigenvalue weighted by Crippen LogP contribution is -2.01. The molecular formula is C15H14N2O2S. The topological polar surface area (TPSA) is 65.2 Å². The molecule has 2 aromatic heterocycles. The molecule has 5 heteroatoms. The van der Waals surface area contributed by atoms with Gasteiger partial charge in [0.2, 0.25) is 0 Å². The van der Waals surface area contributed by atoms with E-state index in [1.807, 2.05) is 18.2 Å². The molecule has 0 spiro atoms. The fourth-order valence-electron chi connectivity index (χ4n) is 2.32. The number of carbonyl (C=O) groups excluding carboxylic acids is 1. The molecule has 0 amide bonds. The fraction of sp³-hybridized carbons (Fsp3) is 0.200. The van der Waals surface area contributed by atoms with Crippen molar-refractivity contribution in [3.8, 4) is 0 Å². The van der Waals surface area contributed by atoms with Crippen molar-refractivity contribution in [1.82, 2.24) is 4.98 Å². The van der Waals surface area contributed by atoms with Crippen molar-refractivity contribution >= 4 is 44.1 Å². The molecule has 3 rings (SSSR count). The number of aromatic nitrogens is 1. The highest BCUT2D eigenvalue weighted by atomic mass is 32.1. The van der Waals surface area contributed by atoms with E-state index >= 15 is 0 Å². The highest BCUT2D eigenvalue weighted by Crippen LogP contribution is 2.35. The third-order valence-electron chi connectivity index (χ3n) is 3.38. The number of nitrogen functional groups attached to an aromatic ring is 1. The summed E-state index contributed by atoms with van der Waals surface area (Å²) in [6, 6.07) is 8.09. The first-order valence-electron chi connectivity index (χ1n) is 6.34. The minimum Gasteiger partial charge on any atom is -0.465 e. The van der Waals surface area contributed by atoms with E-state index in [9.17, 15) is 4.79 Å². The Morgan fingerprint density at radius 2 is 2.25 bits per heavy atom. The molecule has 0 saturated heterocycles. The molecule has 20 heavy (non-hydrogen) atoms. The lowest BCUT2D eigenvalue weighted by Gasteiger charge is -2.03. The molecule has 102 valence electrons. The molecule has 2 heterocycles. The van der Waals surface area contributed by atoms with Crippen molar-refractivity contribution in [2.75, 3.05) is 12.8 Å². The zero-order chi connectivity index (χ0) is 14.3. The van der Waals surface area contributed by atoms with Crippen LogP contribution in [0.25, 0.3) is 21.1 Å². The maximum absolute atomic E-state index is 11.7. The Labute approximate surface area is 120 Å². The Kier molecular flexibility index (Phi) is 3.06. The molecule has 0 unspecified atom stereocenters. The van der Waals surface area contributed by atoms with Crippen LogP contribution in [0, 0.1) is 0 Å². The molecule has 0 aliphatic carbocycles. The van der Waals surface area contributed by atoms with Gasteiger partial charge in [-0.15, -0.1) is 11.3 Å².